The summed E-state index contributed by atoms with van der Waals surface area (Å²) in [5, 5.41) is 92.9. The Morgan fingerprint density at radius 3 is 1.32 bits per heavy atom. The first-order chi connectivity index (χ1) is 17.4. The van der Waals surface area contributed by atoms with E-state index in [-0.39, 0.29) is 29.6 Å². The van der Waals surface area contributed by atoms with Crippen molar-refractivity contribution in [2.75, 3.05) is 19.8 Å². The van der Waals surface area contributed by atoms with Crippen molar-refractivity contribution in [1.29, 1.82) is 0 Å². The SMILES string of the molecule is O=C1O[C@H]([C@@H](O)CO)C([O-])=C1O.O=C1O[C@H]([C@@H](O)CO)C([O][Pb][O]C2=C(O)C(=O)O[C@@H]2[C@@H](O)CO)=C1O.[Na+]. The Morgan fingerprint density at radius 2 is 1.00 bits per heavy atom. The quantitative estimate of drug-likeness (QED) is 0.0568. The molecule has 38 heavy (non-hydrogen) atoms. The van der Waals surface area contributed by atoms with Gasteiger partial charge < -0.3 is 25.2 Å². The van der Waals surface area contributed by atoms with Crippen molar-refractivity contribution >= 4 is 43.0 Å². The van der Waals surface area contributed by atoms with Gasteiger partial charge in [0.2, 0.25) is 0 Å². The van der Waals surface area contributed by atoms with Gasteiger partial charge in [-0.2, -0.15) is 0 Å². The molecule has 3 rings (SSSR count). The fraction of sp³-hybridized carbons (Fsp3) is 0.500. The molecular formula is C18H21NaO18Pb. The molecule has 3 aliphatic heterocycles. The van der Waals surface area contributed by atoms with Crippen LogP contribution in [0.25, 0.3) is 0 Å². The third-order valence-corrected chi connectivity index (χ3v) is 7.03. The second-order valence-corrected chi connectivity index (χ2v) is 9.39. The number of hydrogen-bond acceptors (Lipinski definition) is 18. The van der Waals surface area contributed by atoms with E-state index in [1.54, 1.807) is 0 Å². The number of aliphatic hydroxyl groups is 9. The van der Waals surface area contributed by atoms with Crippen molar-refractivity contribution in [2.24, 2.45) is 0 Å². The van der Waals surface area contributed by atoms with Crippen LogP contribution < -0.4 is 34.7 Å². The zero-order valence-electron chi connectivity index (χ0n) is 19.3. The smallest absolute Gasteiger partial charge is 1.00 e. The molecule has 20 heteroatoms. The molecular weight excluding hydrogens is 734 g/mol. The maximum atomic E-state index is 11.3. The van der Waals surface area contributed by atoms with Crippen LogP contribution in [0.4, 0.5) is 0 Å². The summed E-state index contributed by atoms with van der Waals surface area (Å²) < 4.78 is 23.8. The molecule has 0 aromatic carbocycles. The topological polar surface area (TPSA) is 302 Å². The second-order valence-electron chi connectivity index (χ2n) is 7.15. The molecule has 0 saturated heterocycles. The Morgan fingerprint density at radius 1 is 0.684 bits per heavy atom. The molecule has 0 spiro atoms. The van der Waals surface area contributed by atoms with E-state index in [2.05, 4.69) is 14.2 Å². The molecule has 6 atom stereocenters. The first kappa shape index (κ1) is 34.1. The summed E-state index contributed by atoms with van der Waals surface area (Å²) in [7, 11) is 0. The van der Waals surface area contributed by atoms with Gasteiger partial charge in [-0.15, -0.1) is 0 Å². The molecule has 18 nitrogen and oxygen atoms in total. The monoisotopic (exact) mass is 756 g/mol. The van der Waals surface area contributed by atoms with Crippen LogP contribution in [-0.4, -0.2) is 145 Å². The fourth-order valence-corrected chi connectivity index (χ4v) is 5.27. The Balaban J connectivity index is 0.000000468. The van der Waals surface area contributed by atoms with Gasteiger partial charge in [0.15, 0.2) is 5.76 Å². The number of carbonyl (C=O) groups excluding carboxylic acids is 3. The van der Waals surface area contributed by atoms with E-state index in [1.165, 1.54) is 0 Å². The molecule has 0 bridgehead atoms. The molecule has 0 aromatic heterocycles. The third-order valence-electron chi connectivity index (χ3n) is 4.67. The fourth-order valence-electron chi connectivity index (χ4n) is 2.75. The Bertz CT molecular complexity index is 942. The van der Waals surface area contributed by atoms with Crippen LogP contribution in [-0.2, 0) is 34.0 Å². The van der Waals surface area contributed by atoms with Crippen LogP contribution in [0.5, 0.6) is 0 Å². The van der Waals surface area contributed by atoms with Gasteiger partial charge in [0.25, 0.3) is 0 Å². The van der Waals surface area contributed by atoms with Gasteiger partial charge in [0.05, 0.1) is 6.61 Å². The van der Waals surface area contributed by atoms with Crippen molar-refractivity contribution < 1.29 is 115 Å². The standard InChI is InChI=1S/3C6H8O6.Na.Pb/c3*7-1-2(8)5-3(9)4(10)6(11)12-5;;/h3*2,5,7-10H,1H2;;/q;;;+1;+2/p-3/t3*2-,5+;;/m000../s1. The van der Waals surface area contributed by atoms with Crippen molar-refractivity contribution in [1.82, 2.24) is 0 Å². The van der Waals surface area contributed by atoms with Gasteiger partial charge in [0, 0.05) is 0 Å². The molecule has 206 valence electrons. The van der Waals surface area contributed by atoms with E-state index in [4.69, 9.17) is 30.9 Å². The maximum absolute atomic E-state index is 11.3. The molecule has 0 amide bonds. The number of rotatable bonds is 10. The van der Waals surface area contributed by atoms with E-state index in [0.29, 0.717) is 0 Å². The summed E-state index contributed by atoms with van der Waals surface area (Å²) in [6, 6.07) is 0. The first-order valence-corrected chi connectivity index (χ1v) is 13.1. The minimum atomic E-state index is -2.74. The first-order valence-electron chi connectivity index (χ1n) is 9.94. The van der Waals surface area contributed by atoms with Gasteiger partial charge in [-0.1, -0.05) is 0 Å². The average molecular weight is 756 g/mol. The van der Waals surface area contributed by atoms with Gasteiger partial charge in [0.1, 0.15) is 12.2 Å². The number of ether oxygens (including phenoxy) is 3. The van der Waals surface area contributed by atoms with Crippen molar-refractivity contribution in [3.63, 3.8) is 0 Å². The summed E-state index contributed by atoms with van der Waals surface area (Å²) in [4.78, 5) is 33.1. The summed E-state index contributed by atoms with van der Waals surface area (Å²) >= 11 is -2.74. The normalized spacial score (nSPS) is 25.1. The van der Waals surface area contributed by atoms with Crippen LogP contribution in [0.1, 0.15) is 0 Å². The zero-order valence-corrected chi connectivity index (χ0v) is 25.2. The van der Waals surface area contributed by atoms with Crippen LogP contribution in [0.15, 0.2) is 34.6 Å². The average Bonchev–Trinajstić information content (AvgIpc) is 3.44. The van der Waals surface area contributed by atoms with Crippen LogP contribution in [0.3, 0.4) is 0 Å². The van der Waals surface area contributed by atoms with Gasteiger partial charge in [-0.3, -0.25) is 0 Å². The summed E-state index contributed by atoms with van der Waals surface area (Å²) in [5.74, 6) is -8.22. The zero-order chi connectivity index (χ0) is 28.0. The minimum absolute atomic E-state index is 0. The van der Waals surface area contributed by atoms with Crippen molar-refractivity contribution in [2.45, 2.75) is 36.6 Å². The molecule has 0 aromatic rings. The predicted molar refractivity (Wildman–Crippen MR) is 106 cm³/mol. The van der Waals surface area contributed by atoms with E-state index < -0.39 is 134 Å². The van der Waals surface area contributed by atoms with E-state index in [9.17, 15) is 39.9 Å². The third kappa shape index (κ3) is 7.61. The molecule has 3 heterocycles. The van der Waals surface area contributed by atoms with Crippen molar-refractivity contribution in [3.8, 4) is 0 Å². The van der Waals surface area contributed by atoms with Gasteiger partial charge >= 0.3 is 188 Å². The Labute approximate surface area is 247 Å². The molecule has 3 aliphatic rings. The van der Waals surface area contributed by atoms with Crippen LogP contribution in [0, 0.1) is 0 Å². The molecule has 0 aliphatic carbocycles. The van der Waals surface area contributed by atoms with Crippen LogP contribution >= 0.6 is 0 Å². The molecule has 2 radical (unpaired) electrons. The van der Waals surface area contributed by atoms with E-state index in [1.807, 2.05) is 0 Å². The van der Waals surface area contributed by atoms with Gasteiger partial charge in [-0.05, 0) is 5.76 Å². The summed E-state index contributed by atoms with van der Waals surface area (Å²) in [6.07, 6.45) is -8.90. The van der Waals surface area contributed by atoms with Crippen LogP contribution in [0.2, 0.25) is 0 Å². The Hall–Kier alpha value is -1.89. The number of esters is 3. The molecule has 0 fully saturated rings. The van der Waals surface area contributed by atoms with E-state index >= 15 is 0 Å². The minimum Gasteiger partial charge on any atom is 1.00 e. The second kappa shape index (κ2) is 15.0. The summed E-state index contributed by atoms with van der Waals surface area (Å²) in [6.45, 7) is -2.26. The number of carbonyl (C=O) groups is 3. The Kier molecular flexibility index (Phi) is 13.5. The molecule has 9 N–H and O–H groups in total. The van der Waals surface area contributed by atoms with E-state index in [0.717, 1.165) is 0 Å². The summed E-state index contributed by atoms with van der Waals surface area (Å²) in [5.41, 5.74) is 0. The molecule has 0 unspecified atom stereocenters. The number of hydrogen-bond donors (Lipinski definition) is 9. The van der Waals surface area contributed by atoms with Gasteiger partial charge in [-0.25, -0.2) is 4.79 Å². The maximum Gasteiger partial charge on any atom is 1.00 e. The molecule has 0 saturated carbocycles. The van der Waals surface area contributed by atoms with Crippen molar-refractivity contribution in [3.05, 3.63) is 34.6 Å². The largest absolute Gasteiger partial charge is 1.00 e. The number of cyclic esters (lactones) is 3. The number of aliphatic hydroxyl groups excluding tert-OH is 9. The predicted octanol–water partition coefficient (Wildman–Crippen LogP) is -8.95.